The van der Waals surface area contributed by atoms with Gasteiger partial charge >= 0.3 is 11.9 Å². The summed E-state index contributed by atoms with van der Waals surface area (Å²) in [5.41, 5.74) is -0.184. The standard InChI is InChI=1S/C16H20ClFO4/c1-10(16(2,3)4)21-13(19)8-9-14(20)22-15-11(17)6-5-7-12(15)18/h5-7,10H,8-9H2,1-4H3. The minimum atomic E-state index is -0.743. The number of halogens is 2. The summed E-state index contributed by atoms with van der Waals surface area (Å²) >= 11 is 5.75. The quantitative estimate of drug-likeness (QED) is 0.601. The van der Waals surface area contributed by atoms with E-state index in [9.17, 15) is 14.0 Å². The molecule has 0 aliphatic rings. The third-order valence-corrected chi connectivity index (χ3v) is 3.49. The molecule has 1 rings (SSSR count). The monoisotopic (exact) mass is 330 g/mol. The fourth-order valence-corrected chi connectivity index (χ4v) is 1.58. The van der Waals surface area contributed by atoms with Crippen LogP contribution in [0.25, 0.3) is 0 Å². The Labute approximate surface area is 134 Å². The van der Waals surface area contributed by atoms with Gasteiger partial charge in [-0.15, -0.1) is 0 Å². The second kappa shape index (κ2) is 7.58. The van der Waals surface area contributed by atoms with Crippen molar-refractivity contribution in [3.8, 4) is 5.75 Å². The number of benzene rings is 1. The molecule has 0 radical (unpaired) electrons. The zero-order chi connectivity index (χ0) is 16.9. The molecule has 4 nitrogen and oxygen atoms in total. The molecule has 0 spiro atoms. The lowest BCUT2D eigenvalue weighted by Crippen LogP contribution is -2.29. The third kappa shape index (κ3) is 5.64. The summed E-state index contributed by atoms with van der Waals surface area (Å²) in [7, 11) is 0. The smallest absolute Gasteiger partial charge is 0.311 e. The number of ether oxygens (including phenoxy) is 2. The Hall–Kier alpha value is -1.62. The van der Waals surface area contributed by atoms with Crippen molar-refractivity contribution in [2.24, 2.45) is 5.41 Å². The highest BCUT2D eigenvalue weighted by Crippen LogP contribution is 2.27. The minimum absolute atomic E-state index is 0.00252. The Kier molecular flexibility index (Phi) is 6.35. The van der Waals surface area contributed by atoms with Gasteiger partial charge in [-0.3, -0.25) is 9.59 Å². The average molecular weight is 331 g/mol. The molecule has 0 N–H and O–H groups in total. The highest BCUT2D eigenvalue weighted by molar-refractivity contribution is 6.32. The molecule has 1 aromatic rings. The second-order valence-electron chi connectivity index (χ2n) is 6.02. The zero-order valence-corrected chi connectivity index (χ0v) is 13.9. The molecule has 1 atom stereocenters. The van der Waals surface area contributed by atoms with E-state index in [1.807, 2.05) is 20.8 Å². The molecule has 0 bridgehead atoms. The van der Waals surface area contributed by atoms with Gasteiger partial charge in [-0.25, -0.2) is 4.39 Å². The second-order valence-corrected chi connectivity index (χ2v) is 6.43. The van der Waals surface area contributed by atoms with Crippen molar-refractivity contribution in [1.82, 2.24) is 0 Å². The van der Waals surface area contributed by atoms with Crippen molar-refractivity contribution in [2.75, 3.05) is 0 Å². The van der Waals surface area contributed by atoms with Gasteiger partial charge in [0.1, 0.15) is 6.10 Å². The van der Waals surface area contributed by atoms with Crippen LogP contribution in [0.3, 0.4) is 0 Å². The van der Waals surface area contributed by atoms with E-state index >= 15 is 0 Å². The van der Waals surface area contributed by atoms with Gasteiger partial charge in [0.15, 0.2) is 11.6 Å². The highest BCUT2D eigenvalue weighted by atomic mass is 35.5. The van der Waals surface area contributed by atoms with Crippen LogP contribution in [0, 0.1) is 11.2 Å². The van der Waals surface area contributed by atoms with Crippen molar-refractivity contribution < 1.29 is 23.5 Å². The Bertz CT molecular complexity index is 531. The molecule has 0 fully saturated rings. The summed E-state index contributed by atoms with van der Waals surface area (Å²) < 4.78 is 23.5. The first kappa shape index (κ1) is 18.4. The first-order valence-electron chi connectivity index (χ1n) is 6.95. The number of carbonyl (C=O) groups excluding carboxylic acids is 2. The molecule has 122 valence electrons. The highest BCUT2D eigenvalue weighted by Gasteiger charge is 2.24. The van der Waals surface area contributed by atoms with Gasteiger partial charge in [0, 0.05) is 0 Å². The van der Waals surface area contributed by atoms with Gasteiger partial charge in [-0.2, -0.15) is 0 Å². The van der Waals surface area contributed by atoms with Crippen molar-refractivity contribution >= 4 is 23.5 Å². The largest absolute Gasteiger partial charge is 0.462 e. The molecule has 1 unspecified atom stereocenters. The van der Waals surface area contributed by atoms with Crippen molar-refractivity contribution in [3.05, 3.63) is 29.0 Å². The number of carbonyl (C=O) groups is 2. The lowest BCUT2D eigenvalue weighted by molar-refractivity contribution is -0.155. The van der Waals surface area contributed by atoms with Crippen LogP contribution in [0.4, 0.5) is 4.39 Å². The molecule has 6 heteroatoms. The first-order valence-corrected chi connectivity index (χ1v) is 7.33. The summed E-state index contributed by atoms with van der Waals surface area (Å²) in [4.78, 5) is 23.3. The molecule has 0 saturated heterocycles. The van der Waals surface area contributed by atoms with Crippen LogP contribution in [-0.4, -0.2) is 18.0 Å². The predicted molar refractivity (Wildman–Crippen MR) is 81.3 cm³/mol. The van der Waals surface area contributed by atoms with Crippen LogP contribution in [0.2, 0.25) is 5.02 Å². The first-order chi connectivity index (χ1) is 10.1. The summed E-state index contributed by atoms with van der Waals surface area (Å²) in [5.74, 6) is -2.30. The molecule has 0 aliphatic carbocycles. The van der Waals surface area contributed by atoms with Crippen molar-refractivity contribution in [1.29, 1.82) is 0 Å². The predicted octanol–water partition coefficient (Wildman–Crippen LogP) is 4.14. The SMILES string of the molecule is CC(OC(=O)CCC(=O)Oc1c(F)cccc1Cl)C(C)(C)C. The van der Waals surface area contributed by atoms with E-state index < -0.39 is 17.8 Å². The number of hydrogen-bond donors (Lipinski definition) is 0. The fourth-order valence-electron chi connectivity index (χ4n) is 1.38. The molecule has 0 aromatic heterocycles. The number of esters is 2. The van der Waals surface area contributed by atoms with Crippen LogP contribution < -0.4 is 4.74 Å². The minimum Gasteiger partial charge on any atom is -0.462 e. The number of hydrogen-bond acceptors (Lipinski definition) is 4. The fraction of sp³-hybridized carbons (Fsp3) is 0.500. The Morgan fingerprint density at radius 2 is 1.82 bits per heavy atom. The summed E-state index contributed by atoms with van der Waals surface area (Å²) in [6.07, 6.45) is -0.622. The summed E-state index contributed by atoms with van der Waals surface area (Å²) in [6, 6.07) is 3.94. The van der Waals surface area contributed by atoms with E-state index in [0.717, 1.165) is 6.07 Å². The molecule has 22 heavy (non-hydrogen) atoms. The normalized spacial score (nSPS) is 12.6. The molecule has 0 amide bonds. The maximum absolute atomic E-state index is 13.5. The topological polar surface area (TPSA) is 52.6 Å². The van der Waals surface area contributed by atoms with Gasteiger partial charge in [0.25, 0.3) is 0 Å². The van der Waals surface area contributed by atoms with Crippen molar-refractivity contribution in [2.45, 2.75) is 46.6 Å². The maximum atomic E-state index is 13.5. The van der Waals surface area contributed by atoms with Crippen LogP contribution in [-0.2, 0) is 14.3 Å². The third-order valence-electron chi connectivity index (χ3n) is 3.20. The van der Waals surface area contributed by atoms with E-state index in [0.29, 0.717) is 0 Å². The Morgan fingerprint density at radius 3 is 2.36 bits per heavy atom. The molecule has 0 saturated carbocycles. The van der Waals surface area contributed by atoms with Gasteiger partial charge in [0.05, 0.1) is 17.9 Å². The zero-order valence-electron chi connectivity index (χ0n) is 13.1. The number of rotatable bonds is 5. The van der Waals surface area contributed by atoms with Crippen LogP contribution >= 0.6 is 11.6 Å². The van der Waals surface area contributed by atoms with Gasteiger partial charge < -0.3 is 9.47 Å². The lowest BCUT2D eigenvalue weighted by Gasteiger charge is -2.26. The molecule has 1 aromatic carbocycles. The lowest BCUT2D eigenvalue weighted by atomic mass is 9.90. The van der Waals surface area contributed by atoms with Gasteiger partial charge in [-0.05, 0) is 24.5 Å². The molecule has 0 aliphatic heterocycles. The Morgan fingerprint density at radius 1 is 1.23 bits per heavy atom. The van der Waals surface area contributed by atoms with Gasteiger partial charge in [0.2, 0.25) is 0 Å². The summed E-state index contributed by atoms with van der Waals surface area (Å²) in [5, 5.41) is -0.00252. The van der Waals surface area contributed by atoms with E-state index in [1.54, 1.807) is 6.92 Å². The number of para-hydroxylation sites is 1. The van der Waals surface area contributed by atoms with E-state index in [1.165, 1.54) is 12.1 Å². The maximum Gasteiger partial charge on any atom is 0.311 e. The van der Waals surface area contributed by atoms with E-state index in [-0.39, 0.29) is 35.1 Å². The van der Waals surface area contributed by atoms with Crippen LogP contribution in [0.1, 0.15) is 40.5 Å². The average Bonchev–Trinajstić information content (AvgIpc) is 2.39. The van der Waals surface area contributed by atoms with Crippen molar-refractivity contribution in [3.63, 3.8) is 0 Å². The molecular weight excluding hydrogens is 311 g/mol. The van der Waals surface area contributed by atoms with E-state index in [2.05, 4.69) is 0 Å². The molecule has 0 heterocycles. The van der Waals surface area contributed by atoms with Gasteiger partial charge in [-0.1, -0.05) is 38.4 Å². The van der Waals surface area contributed by atoms with Crippen LogP contribution in [0.5, 0.6) is 5.75 Å². The Balaban J connectivity index is 2.48. The molecular formula is C16H20ClFO4. The summed E-state index contributed by atoms with van der Waals surface area (Å²) in [6.45, 7) is 7.62. The van der Waals surface area contributed by atoms with Crippen LogP contribution in [0.15, 0.2) is 18.2 Å². The van der Waals surface area contributed by atoms with E-state index in [4.69, 9.17) is 21.1 Å².